The van der Waals surface area contributed by atoms with Crippen molar-refractivity contribution in [2.75, 3.05) is 11.4 Å². The Morgan fingerprint density at radius 3 is 2.71 bits per heavy atom. The zero-order chi connectivity index (χ0) is 15.0. The van der Waals surface area contributed by atoms with E-state index in [2.05, 4.69) is 61.0 Å². The van der Waals surface area contributed by atoms with Gasteiger partial charge in [-0.25, -0.2) is 0 Å². The number of nitrogens with zero attached hydrogens (tertiary/aromatic N) is 2. The second-order valence-electron chi connectivity index (χ2n) is 6.61. The van der Waals surface area contributed by atoms with Gasteiger partial charge in [-0.15, -0.1) is 0 Å². The smallest absolute Gasteiger partial charge is 0.196 e. The van der Waals surface area contributed by atoms with Crippen molar-refractivity contribution >= 4 is 11.6 Å². The SMILES string of the molecule is CC1=CC(C)CC(C2CN=C(N)N2c2ccccc2C)C1. The average Bonchev–Trinajstić information content (AvgIpc) is 2.80. The summed E-state index contributed by atoms with van der Waals surface area (Å²) in [7, 11) is 0. The quantitative estimate of drug-likeness (QED) is 0.844. The second-order valence-corrected chi connectivity index (χ2v) is 6.61. The highest BCUT2D eigenvalue weighted by molar-refractivity contribution is 5.97. The van der Waals surface area contributed by atoms with Gasteiger partial charge in [0, 0.05) is 5.69 Å². The van der Waals surface area contributed by atoms with Gasteiger partial charge in [-0.05, 0) is 50.2 Å². The van der Waals surface area contributed by atoms with Crippen LogP contribution in [0.1, 0.15) is 32.3 Å². The number of guanidine groups is 1. The van der Waals surface area contributed by atoms with Crippen LogP contribution in [-0.2, 0) is 0 Å². The van der Waals surface area contributed by atoms with Crippen molar-refractivity contribution in [3.05, 3.63) is 41.5 Å². The van der Waals surface area contributed by atoms with Crippen molar-refractivity contribution in [3.8, 4) is 0 Å². The molecule has 21 heavy (non-hydrogen) atoms. The van der Waals surface area contributed by atoms with Gasteiger partial charge in [0.05, 0.1) is 12.6 Å². The Labute approximate surface area is 127 Å². The van der Waals surface area contributed by atoms with Crippen LogP contribution in [0, 0.1) is 18.8 Å². The summed E-state index contributed by atoms with van der Waals surface area (Å²) >= 11 is 0. The zero-order valence-electron chi connectivity index (χ0n) is 13.2. The summed E-state index contributed by atoms with van der Waals surface area (Å²) < 4.78 is 0. The van der Waals surface area contributed by atoms with Gasteiger partial charge in [0.2, 0.25) is 0 Å². The lowest BCUT2D eigenvalue weighted by molar-refractivity contribution is 0.350. The van der Waals surface area contributed by atoms with E-state index < -0.39 is 0 Å². The van der Waals surface area contributed by atoms with E-state index in [1.54, 1.807) is 0 Å². The molecular weight excluding hydrogens is 258 g/mol. The Hall–Kier alpha value is -1.77. The van der Waals surface area contributed by atoms with E-state index in [9.17, 15) is 0 Å². The number of aryl methyl sites for hydroxylation is 1. The molecule has 3 unspecified atom stereocenters. The number of benzene rings is 1. The first kappa shape index (κ1) is 14.2. The lowest BCUT2D eigenvalue weighted by Crippen LogP contribution is -2.46. The van der Waals surface area contributed by atoms with E-state index >= 15 is 0 Å². The summed E-state index contributed by atoms with van der Waals surface area (Å²) in [5.41, 5.74) is 10.2. The summed E-state index contributed by atoms with van der Waals surface area (Å²) in [5.74, 6) is 1.97. The van der Waals surface area contributed by atoms with Crippen molar-refractivity contribution in [1.82, 2.24) is 0 Å². The molecule has 0 radical (unpaired) electrons. The topological polar surface area (TPSA) is 41.6 Å². The molecule has 1 aromatic rings. The summed E-state index contributed by atoms with van der Waals surface area (Å²) in [6, 6.07) is 8.86. The predicted octanol–water partition coefficient (Wildman–Crippen LogP) is 3.49. The van der Waals surface area contributed by atoms with Crippen LogP contribution in [0.15, 0.2) is 40.9 Å². The fourth-order valence-electron chi connectivity index (χ4n) is 3.90. The number of anilines is 1. The second kappa shape index (κ2) is 5.55. The van der Waals surface area contributed by atoms with Gasteiger partial charge in [-0.1, -0.05) is 36.8 Å². The van der Waals surface area contributed by atoms with Crippen LogP contribution in [0.3, 0.4) is 0 Å². The molecule has 1 aromatic carbocycles. The average molecular weight is 283 g/mol. The molecule has 0 saturated heterocycles. The Bertz CT molecular complexity index is 588. The highest BCUT2D eigenvalue weighted by atomic mass is 15.3. The first-order valence-electron chi connectivity index (χ1n) is 7.88. The maximum absolute atomic E-state index is 6.21. The Kier molecular flexibility index (Phi) is 3.75. The molecule has 1 heterocycles. The third-order valence-corrected chi connectivity index (χ3v) is 4.77. The number of nitrogens with two attached hydrogens (primary N) is 1. The Morgan fingerprint density at radius 1 is 1.24 bits per heavy atom. The summed E-state index contributed by atoms with van der Waals surface area (Å²) in [4.78, 5) is 6.81. The molecule has 3 rings (SSSR count). The first-order chi connectivity index (χ1) is 10.1. The minimum atomic E-state index is 0.400. The summed E-state index contributed by atoms with van der Waals surface area (Å²) in [6.07, 6.45) is 4.81. The van der Waals surface area contributed by atoms with Gasteiger partial charge in [-0.3, -0.25) is 4.99 Å². The number of allylic oxidation sites excluding steroid dienone is 2. The molecular formula is C18H25N3. The standard InChI is InChI=1S/C18H25N3/c1-12-8-13(2)10-15(9-12)17-11-20-18(19)21(17)16-7-5-4-6-14(16)3/h4-8,12,15,17H,9-11H2,1-3H3,(H2,19,20). The zero-order valence-corrected chi connectivity index (χ0v) is 13.2. The van der Waals surface area contributed by atoms with E-state index in [1.165, 1.54) is 29.7 Å². The number of aliphatic imine (C=N–C) groups is 1. The lowest BCUT2D eigenvalue weighted by atomic mass is 9.79. The van der Waals surface area contributed by atoms with Crippen molar-refractivity contribution in [2.45, 2.75) is 39.7 Å². The molecule has 3 nitrogen and oxygen atoms in total. The molecule has 1 aliphatic heterocycles. The van der Waals surface area contributed by atoms with Gasteiger partial charge in [0.25, 0.3) is 0 Å². The number of para-hydroxylation sites is 1. The van der Waals surface area contributed by atoms with Gasteiger partial charge in [0.1, 0.15) is 0 Å². The maximum atomic E-state index is 6.21. The van der Waals surface area contributed by atoms with Gasteiger partial charge >= 0.3 is 0 Å². The van der Waals surface area contributed by atoms with Gasteiger partial charge in [0.15, 0.2) is 5.96 Å². The number of rotatable bonds is 2. The van der Waals surface area contributed by atoms with E-state index in [-0.39, 0.29) is 0 Å². The predicted molar refractivity (Wildman–Crippen MR) is 89.6 cm³/mol. The highest BCUT2D eigenvalue weighted by Gasteiger charge is 2.36. The molecule has 0 aromatic heterocycles. The largest absolute Gasteiger partial charge is 0.370 e. The van der Waals surface area contributed by atoms with Gasteiger partial charge in [-0.2, -0.15) is 0 Å². The molecule has 3 heteroatoms. The summed E-state index contributed by atoms with van der Waals surface area (Å²) in [5, 5.41) is 0. The molecule has 2 N–H and O–H groups in total. The van der Waals surface area contributed by atoms with Crippen LogP contribution in [0.25, 0.3) is 0 Å². The van der Waals surface area contributed by atoms with Crippen LogP contribution in [0.4, 0.5) is 5.69 Å². The number of hydrogen-bond donors (Lipinski definition) is 1. The van der Waals surface area contributed by atoms with E-state index in [0.717, 1.165) is 6.54 Å². The van der Waals surface area contributed by atoms with Crippen LogP contribution >= 0.6 is 0 Å². The van der Waals surface area contributed by atoms with Crippen LogP contribution in [0.5, 0.6) is 0 Å². The fraction of sp³-hybridized carbons (Fsp3) is 0.500. The minimum Gasteiger partial charge on any atom is -0.370 e. The molecule has 0 saturated carbocycles. The monoisotopic (exact) mass is 283 g/mol. The third kappa shape index (κ3) is 2.69. The molecule has 3 atom stereocenters. The maximum Gasteiger partial charge on any atom is 0.196 e. The molecule has 1 aliphatic carbocycles. The lowest BCUT2D eigenvalue weighted by Gasteiger charge is -2.36. The van der Waals surface area contributed by atoms with E-state index in [1.807, 2.05) is 0 Å². The van der Waals surface area contributed by atoms with Gasteiger partial charge < -0.3 is 10.6 Å². The Balaban J connectivity index is 1.90. The fourth-order valence-corrected chi connectivity index (χ4v) is 3.90. The molecule has 0 spiro atoms. The number of hydrogen-bond acceptors (Lipinski definition) is 3. The van der Waals surface area contributed by atoms with Crippen LogP contribution in [0.2, 0.25) is 0 Å². The van der Waals surface area contributed by atoms with E-state index in [4.69, 9.17) is 5.73 Å². The van der Waals surface area contributed by atoms with Crippen LogP contribution < -0.4 is 10.6 Å². The van der Waals surface area contributed by atoms with Crippen molar-refractivity contribution in [2.24, 2.45) is 22.6 Å². The molecule has 0 bridgehead atoms. The van der Waals surface area contributed by atoms with Crippen molar-refractivity contribution in [1.29, 1.82) is 0 Å². The molecule has 2 aliphatic rings. The highest BCUT2D eigenvalue weighted by Crippen LogP contribution is 2.36. The third-order valence-electron chi connectivity index (χ3n) is 4.77. The molecule has 0 fully saturated rings. The van der Waals surface area contributed by atoms with Crippen LogP contribution in [-0.4, -0.2) is 18.5 Å². The molecule has 0 amide bonds. The van der Waals surface area contributed by atoms with E-state index in [0.29, 0.717) is 23.8 Å². The van der Waals surface area contributed by atoms with Crippen molar-refractivity contribution < 1.29 is 0 Å². The summed E-state index contributed by atoms with van der Waals surface area (Å²) in [6.45, 7) is 7.53. The first-order valence-corrected chi connectivity index (χ1v) is 7.88. The normalized spacial score (nSPS) is 29.3. The Morgan fingerprint density at radius 2 is 2.00 bits per heavy atom. The van der Waals surface area contributed by atoms with Crippen molar-refractivity contribution in [3.63, 3.8) is 0 Å². The molecule has 112 valence electrons. The minimum absolute atomic E-state index is 0.400.